The molecule has 144 valence electrons. The maximum atomic E-state index is 9.27. The topological polar surface area (TPSA) is 69.1 Å². The summed E-state index contributed by atoms with van der Waals surface area (Å²) in [4.78, 5) is 6.74. The summed E-state index contributed by atoms with van der Waals surface area (Å²) in [5.74, 6) is 0.844. The van der Waals surface area contributed by atoms with Crippen molar-refractivity contribution in [3.8, 4) is 0 Å². The second-order valence-electron chi connectivity index (χ2n) is 6.36. The predicted octanol–water partition coefficient (Wildman–Crippen LogP) is 1.68. The molecule has 0 aromatic carbocycles. The van der Waals surface area contributed by atoms with Crippen molar-refractivity contribution in [3.05, 3.63) is 0 Å². The molecule has 0 radical (unpaired) electrons. The minimum Gasteiger partial charge on any atom is -0.396 e. The number of aliphatic imine (C=N–C) groups is 1. The Morgan fingerprint density at radius 3 is 2.54 bits per heavy atom. The molecule has 1 heterocycles. The average molecular weight is 456 g/mol. The van der Waals surface area contributed by atoms with E-state index in [0.29, 0.717) is 0 Å². The number of hydrogen-bond donors (Lipinski definition) is 3. The standard InChI is InChI=1S/C17H36N4O2.HI/c1-4-21(5-2)11-7-6-10-19-16(18-3)20-14-17(8-12-22)9-13-23-15-17;/h22H,4-15H2,1-3H3,(H2,18,19,20);1H. The molecular weight excluding hydrogens is 419 g/mol. The molecule has 1 aliphatic heterocycles. The lowest BCUT2D eigenvalue weighted by Gasteiger charge is -2.27. The second kappa shape index (κ2) is 14.1. The third-order valence-electron chi connectivity index (χ3n) is 4.77. The molecule has 24 heavy (non-hydrogen) atoms. The second-order valence-corrected chi connectivity index (χ2v) is 6.36. The molecule has 0 bridgehead atoms. The molecule has 0 aliphatic carbocycles. The maximum Gasteiger partial charge on any atom is 0.190 e. The Balaban J connectivity index is 0.00000529. The van der Waals surface area contributed by atoms with Crippen LogP contribution in [0.3, 0.4) is 0 Å². The van der Waals surface area contributed by atoms with Crippen molar-refractivity contribution in [2.75, 3.05) is 59.6 Å². The molecule has 7 heteroatoms. The SMILES string of the molecule is CCN(CC)CCCCNC(=NC)NCC1(CCO)CCOC1.I. The molecule has 1 unspecified atom stereocenters. The fraction of sp³-hybridized carbons (Fsp3) is 0.941. The van der Waals surface area contributed by atoms with Gasteiger partial charge in [-0.15, -0.1) is 24.0 Å². The number of aliphatic hydroxyl groups excluding tert-OH is 1. The van der Waals surface area contributed by atoms with Gasteiger partial charge in [-0.1, -0.05) is 13.8 Å². The minimum absolute atomic E-state index is 0. The number of unbranched alkanes of at least 4 members (excludes halogenated alkanes) is 1. The van der Waals surface area contributed by atoms with E-state index < -0.39 is 0 Å². The Morgan fingerprint density at radius 2 is 2.00 bits per heavy atom. The van der Waals surface area contributed by atoms with Crippen LogP contribution in [0.5, 0.6) is 0 Å². The number of guanidine groups is 1. The van der Waals surface area contributed by atoms with Crippen LogP contribution in [-0.2, 0) is 4.74 Å². The van der Waals surface area contributed by atoms with Gasteiger partial charge >= 0.3 is 0 Å². The molecule has 0 aromatic heterocycles. The van der Waals surface area contributed by atoms with Gasteiger partial charge in [-0.3, -0.25) is 4.99 Å². The summed E-state index contributed by atoms with van der Waals surface area (Å²) in [6.07, 6.45) is 4.12. The van der Waals surface area contributed by atoms with Crippen LogP contribution in [0.25, 0.3) is 0 Å². The number of rotatable bonds is 11. The lowest BCUT2D eigenvalue weighted by molar-refractivity contribution is 0.127. The lowest BCUT2D eigenvalue weighted by atomic mass is 9.84. The number of nitrogens with one attached hydrogen (secondary N) is 2. The average Bonchev–Trinajstić information content (AvgIpc) is 3.03. The van der Waals surface area contributed by atoms with Gasteiger partial charge in [0.05, 0.1) is 6.61 Å². The van der Waals surface area contributed by atoms with Gasteiger partial charge in [-0.25, -0.2) is 0 Å². The first-order chi connectivity index (χ1) is 11.2. The molecule has 1 rings (SSSR count). The highest BCUT2D eigenvalue weighted by atomic mass is 127. The first kappa shape index (κ1) is 23.9. The third kappa shape index (κ3) is 8.82. The molecule has 0 spiro atoms. The Hall–Kier alpha value is -0.120. The molecule has 3 N–H and O–H groups in total. The molecule has 6 nitrogen and oxygen atoms in total. The van der Waals surface area contributed by atoms with Gasteiger partial charge < -0.3 is 25.4 Å². The van der Waals surface area contributed by atoms with Gasteiger partial charge in [0.15, 0.2) is 5.96 Å². The zero-order chi connectivity index (χ0) is 17.0. The molecule has 0 amide bonds. The fourth-order valence-corrected chi connectivity index (χ4v) is 3.01. The van der Waals surface area contributed by atoms with Gasteiger partial charge in [0, 0.05) is 38.8 Å². The summed E-state index contributed by atoms with van der Waals surface area (Å²) in [6.45, 7) is 11.3. The quantitative estimate of drug-likeness (QED) is 0.191. The number of ether oxygens (including phenoxy) is 1. The van der Waals surface area contributed by atoms with Gasteiger partial charge in [-0.05, 0) is 45.3 Å². The van der Waals surface area contributed by atoms with Crippen molar-refractivity contribution < 1.29 is 9.84 Å². The normalized spacial score (nSPS) is 21.0. The third-order valence-corrected chi connectivity index (χ3v) is 4.77. The minimum atomic E-state index is 0. The van der Waals surface area contributed by atoms with Crippen LogP contribution < -0.4 is 10.6 Å². The van der Waals surface area contributed by atoms with Crippen molar-refractivity contribution in [1.82, 2.24) is 15.5 Å². The summed E-state index contributed by atoms with van der Waals surface area (Å²) in [6, 6.07) is 0. The Bertz CT molecular complexity index is 333. The van der Waals surface area contributed by atoms with Crippen LogP contribution in [0.1, 0.15) is 39.5 Å². The van der Waals surface area contributed by atoms with E-state index in [1.54, 1.807) is 7.05 Å². The lowest BCUT2D eigenvalue weighted by Crippen LogP contribution is -2.44. The Kier molecular flexibility index (Phi) is 14.0. The zero-order valence-electron chi connectivity index (χ0n) is 15.6. The van der Waals surface area contributed by atoms with Crippen LogP contribution in [0.15, 0.2) is 4.99 Å². The zero-order valence-corrected chi connectivity index (χ0v) is 18.0. The highest BCUT2D eigenvalue weighted by Crippen LogP contribution is 2.31. The largest absolute Gasteiger partial charge is 0.396 e. The fourth-order valence-electron chi connectivity index (χ4n) is 3.01. The molecule has 1 atom stereocenters. The van der Waals surface area contributed by atoms with Crippen LogP contribution in [0.2, 0.25) is 0 Å². The van der Waals surface area contributed by atoms with Crippen LogP contribution >= 0.6 is 24.0 Å². The Labute approximate surface area is 164 Å². The molecule has 1 aliphatic rings. The van der Waals surface area contributed by atoms with Crippen LogP contribution in [0, 0.1) is 5.41 Å². The van der Waals surface area contributed by atoms with E-state index in [0.717, 1.165) is 71.2 Å². The highest BCUT2D eigenvalue weighted by molar-refractivity contribution is 14.0. The smallest absolute Gasteiger partial charge is 0.190 e. The van der Waals surface area contributed by atoms with E-state index in [-0.39, 0.29) is 36.0 Å². The van der Waals surface area contributed by atoms with E-state index in [9.17, 15) is 5.11 Å². The number of halogens is 1. The van der Waals surface area contributed by atoms with Crippen molar-refractivity contribution in [1.29, 1.82) is 0 Å². The summed E-state index contributed by atoms with van der Waals surface area (Å²) >= 11 is 0. The maximum absolute atomic E-state index is 9.27. The number of aliphatic hydroxyl groups is 1. The highest BCUT2D eigenvalue weighted by Gasteiger charge is 2.34. The monoisotopic (exact) mass is 456 g/mol. The van der Waals surface area contributed by atoms with Crippen molar-refractivity contribution in [3.63, 3.8) is 0 Å². The predicted molar refractivity (Wildman–Crippen MR) is 111 cm³/mol. The summed E-state index contributed by atoms with van der Waals surface area (Å²) in [7, 11) is 1.80. The molecule has 1 saturated heterocycles. The molecular formula is C17H37IN4O2. The molecule has 0 aromatic rings. The van der Waals surface area contributed by atoms with E-state index in [1.165, 1.54) is 6.42 Å². The first-order valence-electron chi connectivity index (χ1n) is 9.05. The van der Waals surface area contributed by atoms with E-state index >= 15 is 0 Å². The molecule has 0 saturated carbocycles. The summed E-state index contributed by atoms with van der Waals surface area (Å²) < 4.78 is 5.52. The summed E-state index contributed by atoms with van der Waals surface area (Å²) in [5.41, 5.74) is 0.0507. The molecule has 1 fully saturated rings. The van der Waals surface area contributed by atoms with Crippen LogP contribution in [0.4, 0.5) is 0 Å². The number of nitrogens with zero attached hydrogens (tertiary/aromatic N) is 2. The van der Waals surface area contributed by atoms with E-state index in [2.05, 4.69) is 34.4 Å². The van der Waals surface area contributed by atoms with E-state index in [4.69, 9.17) is 4.74 Å². The van der Waals surface area contributed by atoms with Gasteiger partial charge in [0.1, 0.15) is 0 Å². The van der Waals surface area contributed by atoms with Gasteiger partial charge in [-0.2, -0.15) is 0 Å². The van der Waals surface area contributed by atoms with E-state index in [1.807, 2.05) is 0 Å². The van der Waals surface area contributed by atoms with Crippen molar-refractivity contribution in [2.24, 2.45) is 10.4 Å². The number of hydrogen-bond acceptors (Lipinski definition) is 4. The van der Waals surface area contributed by atoms with Crippen molar-refractivity contribution in [2.45, 2.75) is 39.5 Å². The Morgan fingerprint density at radius 1 is 1.25 bits per heavy atom. The van der Waals surface area contributed by atoms with Crippen molar-refractivity contribution >= 4 is 29.9 Å². The van der Waals surface area contributed by atoms with Gasteiger partial charge in [0.25, 0.3) is 0 Å². The summed E-state index contributed by atoms with van der Waals surface area (Å²) in [5, 5.41) is 16.0. The van der Waals surface area contributed by atoms with Gasteiger partial charge in [0.2, 0.25) is 0 Å². The van der Waals surface area contributed by atoms with Crippen LogP contribution in [-0.4, -0.2) is 75.6 Å². The first-order valence-corrected chi connectivity index (χ1v) is 9.05.